The van der Waals surface area contributed by atoms with Gasteiger partial charge in [0.05, 0.1) is 12.1 Å². The summed E-state index contributed by atoms with van der Waals surface area (Å²) in [5.41, 5.74) is -0.0533. The van der Waals surface area contributed by atoms with Gasteiger partial charge in [0.15, 0.2) is 5.17 Å². The minimum Gasteiger partial charge on any atom is -0.362 e. The molecule has 1 aromatic rings. The van der Waals surface area contributed by atoms with Gasteiger partial charge in [0.2, 0.25) is 0 Å². The van der Waals surface area contributed by atoms with E-state index in [9.17, 15) is 13.2 Å². The van der Waals surface area contributed by atoms with Crippen molar-refractivity contribution in [3.05, 3.63) is 35.4 Å². The molecule has 2 rings (SSSR count). The summed E-state index contributed by atoms with van der Waals surface area (Å²) in [5.74, 6) is 1.54. The van der Waals surface area contributed by atoms with Gasteiger partial charge >= 0.3 is 6.18 Å². The van der Waals surface area contributed by atoms with E-state index in [4.69, 9.17) is 0 Å². The summed E-state index contributed by atoms with van der Waals surface area (Å²) in [6.07, 6.45) is -4.30. The summed E-state index contributed by atoms with van der Waals surface area (Å²) in [5, 5.41) is 4.08. The predicted octanol–water partition coefficient (Wildman–Crippen LogP) is 3.92. The van der Waals surface area contributed by atoms with Gasteiger partial charge in [0, 0.05) is 11.8 Å². The van der Waals surface area contributed by atoms with Gasteiger partial charge in [-0.15, -0.1) is 0 Å². The van der Waals surface area contributed by atoms with E-state index < -0.39 is 11.7 Å². The highest BCUT2D eigenvalue weighted by molar-refractivity contribution is 8.13. The van der Waals surface area contributed by atoms with E-state index in [0.29, 0.717) is 17.5 Å². The van der Waals surface area contributed by atoms with Crippen LogP contribution in [-0.4, -0.2) is 17.0 Å². The first-order valence-corrected chi connectivity index (χ1v) is 7.45. The molecule has 2 atom stereocenters. The first kappa shape index (κ1) is 15.2. The van der Waals surface area contributed by atoms with Crippen LogP contribution in [0.15, 0.2) is 29.3 Å². The number of thioether (sulfide) groups is 1. The lowest BCUT2D eigenvalue weighted by Crippen LogP contribution is -2.41. The highest BCUT2D eigenvalue weighted by Gasteiger charge is 2.30. The van der Waals surface area contributed by atoms with E-state index in [1.807, 2.05) is 0 Å². The smallest absolute Gasteiger partial charge is 0.362 e. The van der Waals surface area contributed by atoms with Gasteiger partial charge in [-0.1, -0.05) is 30.8 Å². The van der Waals surface area contributed by atoms with Gasteiger partial charge in [-0.2, -0.15) is 13.2 Å². The molecule has 0 saturated carbocycles. The number of rotatable bonds is 2. The Labute approximate surface area is 120 Å². The fourth-order valence-electron chi connectivity index (χ4n) is 1.83. The van der Waals surface area contributed by atoms with Crippen LogP contribution in [0.5, 0.6) is 0 Å². The first-order chi connectivity index (χ1) is 9.36. The molecule has 1 aliphatic heterocycles. The Kier molecular flexibility index (Phi) is 4.62. The second-order valence-electron chi connectivity index (χ2n) is 5.04. The molecule has 6 heteroatoms. The third-order valence-corrected chi connectivity index (χ3v) is 4.56. The lowest BCUT2D eigenvalue weighted by Gasteiger charge is -2.28. The van der Waals surface area contributed by atoms with Gasteiger partial charge in [-0.05, 0) is 30.5 Å². The van der Waals surface area contributed by atoms with Gasteiger partial charge in [-0.25, -0.2) is 0 Å². The molecule has 1 heterocycles. The van der Waals surface area contributed by atoms with Crippen molar-refractivity contribution in [2.75, 3.05) is 5.75 Å². The average Bonchev–Trinajstić information content (AvgIpc) is 2.39. The molecule has 0 aromatic heterocycles. The molecular weight excluding hydrogens is 285 g/mol. The van der Waals surface area contributed by atoms with E-state index in [1.165, 1.54) is 6.07 Å². The number of halogens is 3. The summed E-state index contributed by atoms with van der Waals surface area (Å²) in [6, 6.07) is 5.66. The van der Waals surface area contributed by atoms with Crippen LogP contribution in [0.3, 0.4) is 0 Å². The third kappa shape index (κ3) is 3.91. The molecule has 1 aromatic carbocycles. The molecule has 0 bridgehead atoms. The number of nitrogens with one attached hydrogen (secondary N) is 1. The van der Waals surface area contributed by atoms with Crippen molar-refractivity contribution in [1.29, 1.82) is 0 Å². The number of benzene rings is 1. The predicted molar refractivity (Wildman–Crippen MR) is 76.8 cm³/mol. The Bertz CT molecular complexity index is 499. The van der Waals surface area contributed by atoms with E-state index in [-0.39, 0.29) is 6.54 Å². The average molecular weight is 302 g/mol. The van der Waals surface area contributed by atoms with Crippen molar-refractivity contribution in [2.24, 2.45) is 10.9 Å². The van der Waals surface area contributed by atoms with Crippen LogP contribution < -0.4 is 5.32 Å². The molecule has 2 unspecified atom stereocenters. The van der Waals surface area contributed by atoms with Crippen LogP contribution in [0.25, 0.3) is 0 Å². The van der Waals surface area contributed by atoms with Crippen molar-refractivity contribution in [1.82, 2.24) is 5.32 Å². The zero-order valence-electron chi connectivity index (χ0n) is 11.4. The van der Waals surface area contributed by atoms with E-state index in [0.717, 1.165) is 23.1 Å². The molecule has 110 valence electrons. The lowest BCUT2D eigenvalue weighted by atomic mass is 10.1. The topological polar surface area (TPSA) is 24.4 Å². The normalized spacial score (nSPS) is 25.6. The van der Waals surface area contributed by atoms with Crippen LogP contribution in [0.4, 0.5) is 13.2 Å². The number of nitrogens with zero attached hydrogens (tertiary/aromatic N) is 1. The summed E-state index contributed by atoms with van der Waals surface area (Å²) < 4.78 is 37.8. The van der Waals surface area contributed by atoms with E-state index in [1.54, 1.807) is 17.8 Å². The number of hydrogen-bond donors (Lipinski definition) is 1. The Balaban J connectivity index is 2.04. The highest BCUT2D eigenvalue weighted by Crippen LogP contribution is 2.29. The fraction of sp³-hybridized carbons (Fsp3) is 0.500. The maximum absolute atomic E-state index is 12.6. The van der Waals surface area contributed by atoms with Crippen molar-refractivity contribution in [3.8, 4) is 0 Å². The van der Waals surface area contributed by atoms with Gasteiger partial charge in [0.25, 0.3) is 0 Å². The summed E-state index contributed by atoms with van der Waals surface area (Å²) in [7, 11) is 0. The molecule has 1 N–H and O–H groups in total. The molecule has 0 spiro atoms. The van der Waals surface area contributed by atoms with Crippen molar-refractivity contribution in [2.45, 2.75) is 32.6 Å². The Morgan fingerprint density at radius 3 is 2.75 bits per heavy atom. The van der Waals surface area contributed by atoms with Crippen LogP contribution in [0, 0.1) is 5.92 Å². The van der Waals surface area contributed by atoms with Gasteiger partial charge in [0.1, 0.15) is 0 Å². The quantitative estimate of drug-likeness (QED) is 0.895. The molecular formula is C14H17F3N2S. The van der Waals surface area contributed by atoms with E-state index in [2.05, 4.69) is 24.2 Å². The molecule has 1 saturated heterocycles. The van der Waals surface area contributed by atoms with Crippen LogP contribution in [0.1, 0.15) is 25.0 Å². The van der Waals surface area contributed by atoms with Crippen molar-refractivity contribution >= 4 is 16.9 Å². The molecule has 1 fully saturated rings. The second-order valence-corrected chi connectivity index (χ2v) is 6.05. The first-order valence-electron chi connectivity index (χ1n) is 6.46. The minimum absolute atomic E-state index is 0.264. The second kappa shape index (κ2) is 6.08. The van der Waals surface area contributed by atoms with Crippen LogP contribution in [-0.2, 0) is 12.7 Å². The Morgan fingerprint density at radius 1 is 1.35 bits per heavy atom. The molecule has 20 heavy (non-hydrogen) atoms. The maximum atomic E-state index is 12.6. The SMILES string of the molecule is CC1CSC(=NCc2cccc(C(F)(F)F)c2)NC1C. The molecule has 2 nitrogen and oxygen atoms in total. The number of alkyl halides is 3. The van der Waals surface area contributed by atoms with Crippen molar-refractivity contribution < 1.29 is 13.2 Å². The summed E-state index contributed by atoms with van der Waals surface area (Å²) in [6.45, 7) is 4.51. The zero-order chi connectivity index (χ0) is 14.8. The number of hydrogen-bond acceptors (Lipinski definition) is 2. The standard InChI is InChI=1S/C14H17F3N2S/c1-9-8-20-13(19-10(9)2)18-7-11-4-3-5-12(6-11)14(15,16)17/h3-6,9-10H,7-8H2,1-2H3,(H,18,19). The van der Waals surface area contributed by atoms with Crippen molar-refractivity contribution in [3.63, 3.8) is 0 Å². The molecule has 1 aliphatic rings. The third-order valence-electron chi connectivity index (χ3n) is 3.35. The highest BCUT2D eigenvalue weighted by atomic mass is 32.2. The van der Waals surface area contributed by atoms with Gasteiger partial charge < -0.3 is 5.32 Å². The summed E-state index contributed by atoms with van der Waals surface area (Å²) in [4.78, 5) is 4.36. The van der Waals surface area contributed by atoms with E-state index >= 15 is 0 Å². The van der Waals surface area contributed by atoms with Crippen LogP contribution in [0.2, 0.25) is 0 Å². The minimum atomic E-state index is -4.30. The van der Waals surface area contributed by atoms with Gasteiger partial charge in [-0.3, -0.25) is 4.99 Å². The maximum Gasteiger partial charge on any atom is 0.416 e. The largest absolute Gasteiger partial charge is 0.416 e. The Morgan fingerprint density at radius 2 is 2.10 bits per heavy atom. The van der Waals surface area contributed by atoms with Crippen LogP contribution >= 0.6 is 11.8 Å². The zero-order valence-corrected chi connectivity index (χ0v) is 12.2. The number of amidine groups is 1. The molecule has 0 radical (unpaired) electrons. The summed E-state index contributed by atoms with van der Waals surface area (Å²) >= 11 is 1.62. The Hall–Kier alpha value is -1.17. The monoisotopic (exact) mass is 302 g/mol. The molecule has 0 aliphatic carbocycles. The fourth-order valence-corrected chi connectivity index (χ4v) is 2.97. The molecule has 0 amide bonds. The number of aliphatic imine (C=N–C) groups is 1. The lowest BCUT2D eigenvalue weighted by molar-refractivity contribution is -0.137.